The van der Waals surface area contributed by atoms with E-state index in [1.165, 1.54) is 10.5 Å². The van der Waals surface area contributed by atoms with Gasteiger partial charge in [-0.1, -0.05) is 16.8 Å². The van der Waals surface area contributed by atoms with Crippen LogP contribution in [0.3, 0.4) is 0 Å². The molecule has 0 aromatic carbocycles. The maximum absolute atomic E-state index is 8.23. The second-order valence-electron chi connectivity index (χ2n) is 2.84. The number of hydrogen-bond donors (Lipinski definition) is 0. The van der Waals surface area contributed by atoms with Crippen LogP contribution in [0.15, 0.2) is 28.2 Å². The molecule has 1 aromatic rings. The zero-order chi connectivity index (χ0) is 9.68. The Morgan fingerprint density at radius 1 is 1.62 bits per heavy atom. The molecule has 0 atom stereocenters. The lowest BCUT2D eigenvalue weighted by atomic mass is 10.1. The third-order valence-corrected chi connectivity index (χ3v) is 2.64. The molecule has 0 aliphatic heterocycles. The number of thiophene rings is 1. The maximum Gasteiger partial charge on any atom is 0.0524 e. The van der Waals surface area contributed by atoms with Gasteiger partial charge >= 0.3 is 0 Å². The molecule has 3 nitrogen and oxygen atoms in total. The van der Waals surface area contributed by atoms with Crippen LogP contribution < -0.4 is 0 Å². The largest absolute Gasteiger partial charge is 0.144 e. The van der Waals surface area contributed by atoms with Crippen LogP contribution in [0, 0.1) is 0 Å². The number of allylic oxidation sites excluding steroid dienone is 1. The molecule has 0 amide bonds. The Kier molecular flexibility index (Phi) is 3.55. The number of azide groups is 1. The Bertz CT molecular complexity index is 341. The maximum atomic E-state index is 8.23. The van der Waals surface area contributed by atoms with E-state index in [-0.39, 0.29) is 0 Å². The van der Waals surface area contributed by atoms with Gasteiger partial charge in [0.05, 0.1) is 6.54 Å². The molecule has 0 aliphatic rings. The third-order valence-electron chi connectivity index (χ3n) is 1.71. The normalized spacial score (nSPS) is 9.08. The van der Waals surface area contributed by atoms with Gasteiger partial charge in [0.15, 0.2) is 0 Å². The Morgan fingerprint density at radius 3 is 2.85 bits per heavy atom. The number of nitrogens with zero attached hydrogens (tertiary/aromatic N) is 3. The van der Waals surface area contributed by atoms with E-state index in [1.807, 2.05) is 31.4 Å². The monoisotopic (exact) mass is 193 g/mol. The van der Waals surface area contributed by atoms with E-state index in [1.54, 1.807) is 11.3 Å². The summed E-state index contributed by atoms with van der Waals surface area (Å²) in [4.78, 5) is 3.95. The van der Waals surface area contributed by atoms with Crippen molar-refractivity contribution in [3.05, 3.63) is 38.4 Å². The lowest BCUT2D eigenvalue weighted by Crippen LogP contribution is -1.87. The molecule has 68 valence electrons. The molecule has 0 fully saturated rings. The van der Waals surface area contributed by atoms with Crippen molar-refractivity contribution in [1.82, 2.24) is 0 Å². The molecule has 0 bridgehead atoms. The topological polar surface area (TPSA) is 48.8 Å². The van der Waals surface area contributed by atoms with Crippen LogP contribution in [0.2, 0.25) is 0 Å². The van der Waals surface area contributed by atoms with Gasteiger partial charge in [0, 0.05) is 9.79 Å². The zero-order valence-electron chi connectivity index (χ0n) is 7.69. The fraction of sp³-hybridized carbons (Fsp3) is 0.333. The fourth-order valence-electron chi connectivity index (χ4n) is 1.04. The summed E-state index contributed by atoms with van der Waals surface area (Å²) in [5.41, 5.74) is 10.6. The van der Waals surface area contributed by atoms with Crippen molar-refractivity contribution in [3.63, 3.8) is 0 Å². The van der Waals surface area contributed by atoms with E-state index >= 15 is 0 Å². The fourth-order valence-corrected chi connectivity index (χ4v) is 1.91. The van der Waals surface area contributed by atoms with Crippen LogP contribution in [0.5, 0.6) is 0 Å². The van der Waals surface area contributed by atoms with Crippen molar-refractivity contribution in [1.29, 1.82) is 0 Å². The lowest BCUT2D eigenvalue weighted by Gasteiger charge is -2.02. The van der Waals surface area contributed by atoms with Gasteiger partial charge in [-0.2, -0.15) is 0 Å². The average molecular weight is 193 g/mol. The molecule has 0 spiro atoms. The summed E-state index contributed by atoms with van der Waals surface area (Å²) >= 11 is 1.67. The Hall–Kier alpha value is -1.25. The molecular formula is C9H11N3S. The standard InChI is InChI=1S/C9H11N3S/c1-7(2)8(6-11-12-10)9-4-3-5-13-9/h3-5H,6H2,1-2H3. The molecule has 0 saturated heterocycles. The van der Waals surface area contributed by atoms with E-state index in [0.29, 0.717) is 6.54 Å². The summed E-state index contributed by atoms with van der Waals surface area (Å²) in [5, 5.41) is 5.60. The number of hydrogen-bond acceptors (Lipinski definition) is 2. The van der Waals surface area contributed by atoms with Crippen molar-refractivity contribution in [3.8, 4) is 0 Å². The van der Waals surface area contributed by atoms with Gasteiger partial charge in [0.2, 0.25) is 0 Å². The van der Waals surface area contributed by atoms with Gasteiger partial charge < -0.3 is 0 Å². The molecular weight excluding hydrogens is 182 g/mol. The molecule has 0 unspecified atom stereocenters. The third kappa shape index (κ3) is 2.61. The molecule has 1 heterocycles. The first-order chi connectivity index (χ1) is 6.25. The highest BCUT2D eigenvalue weighted by Gasteiger charge is 2.02. The summed E-state index contributed by atoms with van der Waals surface area (Å²) < 4.78 is 0. The van der Waals surface area contributed by atoms with Crippen LogP contribution in [0.25, 0.3) is 16.0 Å². The van der Waals surface area contributed by atoms with Crippen molar-refractivity contribution in [2.24, 2.45) is 5.11 Å². The Morgan fingerprint density at radius 2 is 2.38 bits per heavy atom. The lowest BCUT2D eigenvalue weighted by molar-refractivity contribution is 1.20. The molecule has 1 rings (SSSR count). The van der Waals surface area contributed by atoms with Crippen LogP contribution in [-0.4, -0.2) is 6.54 Å². The van der Waals surface area contributed by atoms with Gasteiger partial charge in [-0.05, 0) is 36.4 Å². The van der Waals surface area contributed by atoms with Crippen molar-refractivity contribution in [2.45, 2.75) is 13.8 Å². The van der Waals surface area contributed by atoms with Crippen LogP contribution >= 0.6 is 11.3 Å². The highest BCUT2D eigenvalue weighted by Crippen LogP contribution is 2.23. The van der Waals surface area contributed by atoms with Crippen molar-refractivity contribution in [2.75, 3.05) is 6.54 Å². The molecule has 0 aliphatic carbocycles. The van der Waals surface area contributed by atoms with Gasteiger partial charge in [-0.3, -0.25) is 0 Å². The van der Waals surface area contributed by atoms with Crippen LogP contribution in [-0.2, 0) is 0 Å². The smallest absolute Gasteiger partial charge is 0.0524 e. The highest BCUT2D eigenvalue weighted by atomic mass is 32.1. The SMILES string of the molecule is CC(C)=C(CN=[N+]=[N-])c1cccs1. The molecule has 0 N–H and O–H groups in total. The molecule has 4 heteroatoms. The minimum Gasteiger partial charge on any atom is -0.144 e. The Balaban J connectivity index is 2.95. The highest BCUT2D eigenvalue weighted by molar-refractivity contribution is 7.11. The first-order valence-electron chi connectivity index (χ1n) is 3.96. The molecule has 13 heavy (non-hydrogen) atoms. The molecule has 1 aromatic heterocycles. The van der Waals surface area contributed by atoms with Crippen molar-refractivity contribution < 1.29 is 0 Å². The number of rotatable bonds is 3. The first kappa shape index (κ1) is 9.84. The minimum atomic E-state index is 0.444. The van der Waals surface area contributed by atoms with Crippen molar-refractivity contribution >= 4 is 16.9 Å². The second-order valence-corrected chi connectivity index (χ2v) is 3.79. The predicted molar refractivity (Wildman–Crippen MR) is 56.6 cm³/mol. The zero-order valence-corrected chi connectivity index (χ0v) is 8.51. The van der Waals surface area contributed by atoms with Gasteiger partial charge in [-0.25, -0.2) is 0 Å². The van der Waals surface area contributed by atoms with E-state index in [0.717, 1.165) is 5.57 Å². The van der Waals surface area contributed by atoms with Crippen LogP contribution in [0.1, 0.15) is 18.7 Å². The summed E-state index contributed by atoms with van der Waals surface area (Å²) in [5.74, 6) is 0. The first-order valence-corrected chi connectivity index (χ1v) is 4.84. The minimum absolute atomic E-state index is 0.444. The van der Waals surface area contributed by atoms with E-state index < -0.39 is 0 Å². The molecule has 0 saturated carbocycles. The van der Waals surface area contributed by atoms with Crippen LogP contribution in [0.4, 0.5) is 0 Å². The average Bonchev–Trinajstić information content (AvgIpc) is 2.57. The van der Waals surface area contributed by atoms with E-state index in [9.17, 15) is 0 Å². The summed E-state index contributed by atoms with van der Waals surface area (Å²) in [7, 11) is 0. The quantitative estimate of drug-likeness (QED) is 0.397. The van der Waals surface area contributed by atoms with Gasteiger partial charge in [0.25, 0.3) is 0 Å². The van der Waals surface area contributed by atoms with Gasteiger partial charge in [0.1, 0.15) is 0 Å². The van der Waals surface area contributed by atoms with Gasteiger partial charge in [-0.15, -0.1) is 11.3 Å². The predicted octanol–water partition coefficient (Wildman–Crippen LogP) is 3.85. The summed E-state index contributed by atoms with van der Waals surface area (Å²) in [6.07, 6.45) is 0. The summed E-state index contributed by atoms with van der Waals surface area (Å²) in [6.45, 7) is 4.50. The van der Waals surface area contributed by atoms with E-state index in [4.69, 9.17) is 5.53 Å². The van der Waals surface area contributed by atoms with E-state index in [2.05, 4.69) is 10.0 Å². The molecule has 0 radical (unpaired) electrons. The second kappa shape index (κ2) is 4.70. The Labute approximate surface area is 81.3 Å². The summed E-state index contributed by atoms with van der Waals surface area (Å²) in [6, 6.07) is 4.04.